The summed E-state index contributed by atoms with van der Waals surface area (Å²) in [5.41, 5.74) is 3.43. The van der Waals surface area contributed by atoms with Gasteiger partial charge in [0.25, 0.3) is 5.91 Å². The van der Waals surface area contributed by atoms with Gasteiger partial charge in [-0.1, -0.05) is 73.2 Å². The number of nitrogens with one attached hydrogen (secondary N) is 1. The van der Waals surface area contributed by atoms with E-state index in [2.05, 4.69) is 46.3 Å². The third-order valence-electron chi connectivity index (χ3n) is 5.61. The van der Waals surface area contributed by atoms with Crippen molar-refractivity contribution in [3.63, 3.8) is 0 Å². The fourth-order valence-electron chi connectivity index (χ4n) is 3.91. The van der Waals surface area contributed by atoms with Gasteiger partial charge in [-0.25, -0.2) is 9.37 Å². The van der Waals surface area contributed by atoms with Gasteiger partial charge in [-0.05, 0) is 42.7 Å². The van der Waals surface area contributed by atoms with E-state index in [-0.39, 0.29) is 11.5 Å². The molecule has 0 aliphatic rings. The molecule has 3 aromatic carbocycles. The molecule has 1 amide bonds. The van der Waals surface area contributed by atoms with Crippen molar-refractivity contribution >= 4 is 23.0 Å². The highest BCUT2D eigenvalue weighted by atomic mass is 19.1. The quantitative estimate of drug-likeness (QED) is 0.305. The van der Waals surface area contributed by atoms with Crippen molar-refractivity contribution in [2.24, 2.45) is 0 Å². The maximum absolute atomic E-state index is 13.7. The Hall–Kier alpha value is -3.73. The summed E-state index contributed by atoms with van der Waals surface area (Å²) >= 11 is 0. The molecule has 1 N–H and O–H groups in total. The Balaban J connectivity index is 1.30. The summed E-state index contributed by atoms with van der Waals surface area (Å²) in [7, 11) is 0. The molecular weight excluding hydrogens is 413 g/mol. The van der Waals surface area contributed by atoms with Crippen LogP contribution in [0.15, 0.2) is 84.9 Å². The van der Waals surface area contributed by atoms with E-state index in [1.165, 1.54) is 17.7 Å². The van der Waals surface area contributed by atoms with Crippen molar-refractivity contribution in [3.8, 4) is 0 Å². The molecule has 168 valence electrons. The molecule has 33 heavy (non-hydrogen) atoms. The van der Waals surface area contributed by atoms with Crippen LogP contribution in [-0.4, -0.2) is 22.0 Å². The van der Waals surface area contributed by atoms with Crippen molar-refractivity contribution in [2.75, 3.05) is 6.54 Å². The van der Waals surface area contributed by atoms with Gasteiger partial charge in [0.05, 0.1) is 16.6 Å². The summed E-state index contributed by atoms with van der Waals surface area (Å²) in [5, 5.41) is 2.81. The SMILES string of the molecule is O=C(NCCCCCc1nc2ccccc2n1C/C=C/c1ccccc1)c1ccccc1F. The highest BCUT2D eigenvalue weighted by molar-refractivity contribution is 5.94. The van der Waals surface area contributed by atoms with Crippen LogP contribution < -0.4 is 5.32 Å². The van der Waals surface area contributed by atoms with Crippen molar-refractivity contribution < 1.29 is 9.18 Å². The minimum absolute atomic E-state index is 0.0924. The molecule has 0 aliphatic carbocycles. The number of amides is 1. The fourth-order valence-corrected chi connectivity index (χ4v) is 3.91. The first-order valence-corrected chi connectivity index (χ1v) is 11.4. The number of aryl methyl sites for hydroxylation is 1. The van der Waals surface area contributed by atoms with E-state index in [1.807, 2.05) is 30.3 Å². The van der Waals surface area contributed by atoms with Gasteiger partial charge in [-0.15, -0.1) is 0 Å². The van der Waals surface area contributed by atoms with Gasteiger partial charge in [0.1, 0.15) is 11.6 Å². The van der Waals surface area contributed by atoms with Gasteiger partial charge >= 0.3 is 0 Å². The van der Waals surface area contributed by atoms with Gasteiger partial charge in [0.2, 0.25) is 0 Å². The number of hydrogen-bond acceptors (Lipinski definition) is 2. The number of carbonyl (C=O) groups is 1. The fraction of sp³-hybridized carbons (Fsp3) is 0.214. The number of unbranched alkanes of at least 4 members (excludes halogenated alkanes) is 2. The van der Waals surface area contributed by atoms with Gasteiger partial charge in [0, 0.05) is 19.5 Å². The van der Waals surface area contributed by atoms with Crippen molar-refractivity contribution in [1.29, 1.82) is 0 Å². The zero-order valence-corrected chi connectivity index (χ0v) is 18.6. The molecule has 0 radical (unpaired) electrons. The van der Waals surface area contributed by atoms with E-state index in [0.29, 0.717) is 6.54 Å². The third-order valence-corrected chi connectivity index (χ3v) is 5.61. The molecule has 4 aromatic rings. The molecule has 0 saturated carbocycles. The average Bonchev–Trinajstić information content (AvgIpc) is 3.19. The zero-order chi connectivity index (χ0) is 22.9. The van der Waals surface area contributed by atoms with Crippen LogP contribution in [0, 0.1) is 5.82 Å². The maximum atomic E-state index is 13.7. The summed E-state index contributed by atoms with van der Waals surface area (Å²) in [5.74, 6) is 0.222. The van der Waals surface area contributed by atoms with Gasteiger partial charge in [-0.3, -0.25) is 4.79 Å². The molecule has 1 aromatic heterocycles. The first-order chi connectivity index (χ1) is 16.2. The molecule has 0 aliphatic heterocycles. The van der Waals surface area contributed by atoms with Crippen LogP contribution in [0.3, 0.4) is 0 Å². The van der Waals surface area contributed by atoms with Gasteiger partial charge in [-0.2, -0.15) is 0 Å². The van der Waals surface area contributed by atoms with E-state index in [9.17, 15) is 9.18 Å². The first-order valence-electron chi connectivity index (χ1n) is 11.4. The number of rotatable bonds is 10. The Kier molecular flexibility index (Phi) is 7.64. The smallest absolute Gasteiger partial charge is 0.254 e. The molecule has 0 unspecified atom stereocenters. The molecule has 4 nitrogen and oxygen atoms in total. The molecule has 4 rings (SSSR count). The van der Waals surface area contributed by atoms with Crippen LogP contribution in [-0.2, 0) is 13.0 Å². The van der Waals surface area contributed by atoms with Crippen LogP contribution in [0.1, 0.15) is 41.0 Å². The van der Waals surface area contributed by atoms with Crippen molar-refractivity contribution in [1.82, 2.24) is 14.9 Å². The molecule has 1 heterocycles. The molecule has 0 bridgehead atoms. The number of carbonyl (C=O) groups excluding carboxylic acids is 1. The molecular formula is C28H28FN3O. The lowest BCUT2D eigenvalue weighted by atomic mass is 10.1. The Morgan fingerprint density at radius 1 is 0.909 bits per heavy atom. The molecule has 0 fully saturated rings. The largest absolute Gasteiger partial charge is 0.352 e. The van der Waals surface area contributed by atoms with Crippen LogP contribution >= 0.6 is 0 Å². The molecule has 5 heteroatoms. The van der Waals surface area contributed by atoms with Crippen LogP contribution in [0.25, 0.3) is 17.1 Å². The van der Waals surface area contributed by atoms with Crippen LogP contribution in [0.2, 0.25) is 0 Å². The van der Waals surface area contributed by atoms with E-state index < -0.39 is 5.82 Å². The predicted octanol–water partition coefficient (Wildman–Crippen LogP) is 6.03. The minimum Gasteiger partial charge on any atom is -0.352 e. The molecule has 0 saturated heterocycles. The highest BCUT2D eigenvalue weighted by Crippen LogP contribution is 2.18. The van der Waals surface area contributed by atoms with Crippen molar-refractivity contribution in [2.45, 2.75) is 32.2 Å². The number of para-hydroxylation sites is 2. The Morgan fingerprint density at radius 3 is 2.52 bits per heavy atom. The number of fused-ring (bicyclic) bond motifs is 1. The number of nitrogens with zero attached hydrogens (tertiary/aromatic N) is 2. The second kappa shape index (κ2) is 11.2. The second-order valence-corrected chi connectivity index (χ2v) is 7.99. The topological polar surface area (TPSA) is 46.9 Å². The number of hydrogen-bond donors (Lipinski definition) is 1. The first kappa shape index (κ1) is 22.5. The van der Waals surface area contributed by atoms with Gasteiger partial charge in [0.15, 0.2) is 0 Å². The minimum atomic E-state index is -0.491. The number of imidazole rings is 1. The Bertz CT molecular complexity index is 1230. The summed E-state index contributed by atoms with van der Waals surface area (Å²) in [6.45, 7) is 1.30. The third kappa shape index (κ3) is 5.95. The monoisotopic (exact) mass is 441 g/mol. The lowest BCUT2D eigenvalue weighted by molar-refractivity contribution is 0.0949. The lowest BCUT2D eigenvalue weighted by Crippen LogP contribution is -2.25. The normalized spacial score (nSPS) is 11.3. The molecule has 0 spiro atoms. The maximum Gasteiger partial charge on any atom is 0.254 e. The number of benzene rings is 3. The summed E-state index contributed by atoms with van der Waals surface area (Å²) in [6, 6.07) is 24.5. The van der Waals surface area contributed by atoms with Gasteiger partial charge < -0.3 is 9.88 Å². The van der Waals surface area contributed by atoms with E-state index in [0.717, 1.165) is 49.1 Å². The standard InChI is InChI=1S/C28H28FN3O/c29-24-16-7-6-15-23(24)28(33)30-20-10-2-5-19-27-31-25-17-8-9-18-26(25)32(27)21-11-14-22-12-3-1-4-13-22/h1,3-4,6-9,11-18H,2,5,10,19-21H2,(H,30,33)/b14-11+. The summed E-state index contributed by atoms with van der Waals surface area (Å²) < 4.78 is 16.0. The van der Waals surface area contributed by atoms with Crippen LogP contribution in [0.4, 0.5) is 4.39 Å². The van der Waals surface area contributed by atoms with E-state index >= 15 is 0 Å². The zero-order valence-electron chi connectivity index (χ0n) is 18.6. The predicted molar refractivity (Wildman–Crippen MR) is 131 cm³/mol. The Labute approximate surface area is 193 Å². The second-order valence-electron chi connectivity index (χ2n) is 7.99. The number of aromatic nitrogens is 2. The van der Waals surface area contributed by atoms with Crippen LogP contribution in [0.5, 0.6) is 0 Å². The average molecular weight is 442 g/mol. The number of allylic oxidation sites excluding steroid dienone is 1. The number of halogens is 1. The van der Waals surface area contributed by atoms with E-state index in [1.54, 1.807) is 12.1 Å². The highest BCUT2D eigenvalue weighted by Gasteiger charge is 2.11. The van der Waals surface area contributed by atoms with Crippen molar-refractivity contribution in [3.05, 3.63) is 108 Å². The summed E-state index contributed by atoms with van der Waals surface area (Å²) in [4.78, 5) is 16.9. The molecule has 0 atom stereocenters. The lowest BCUT2D eigenvalue weighted by Gasteiger charge is -2.08. The Morgan fingerprint density at radius 2 is 1.67 bits per heavy atom. The summed E-state index contributed by atoms with van der Waals surface area (Å²) in [6.07, 6.45) is 7.95. The van der Waals surface area contributed by atoms with E-state index in [4.69, 9.17) is 4.98 Å².